The minimum absolute atomic E-state index is 0.0210. The third-order valence-corrected chi connectivity index (χ3v) is 3.73. The molecule has 10 heteroatoms. The first-order valence-electron chi connectivity index (χ1n) is 7.09. The number of benzene rings is 1. The van der Waals surface area contributed by atoms with E-state index in [2.05, 4.69) is 26.2 Å². The Morgan fingerprint density at radius 1 is 1.28 bits per heavy atom. The van der Waals surface area contributed by atoms with Crippen LogP contribution < -0.4 is 16.2 Å². The predicted molar refractivity (Wildman–Crippen MR) is 92.6 cm³/mol. The van der Waals surface area contributed by atoms with Crippen molar-refractivity contribution in [3.05, 3.63) is 46.2 Å². The second-order valence-corrected chi connectivity index (χ2v) is 5.83. The van der Waals surface area contributed by atoms with E-state index in [9.17, 15) is 9.59 Å². The van der Waals surface area contributed by atoms with Crippen molar-refractivity contribution in [2.24, 2.45) is 16.6 Å². The van der Waals surface area contributed by atoms with E-state index in [1.165, 1.54) is 4.68 Å². The van der Waals surface area contributed by atoms with Gasteiger partial charge in [-0.3, -0.25) is 9.48 Å². The molecule has 0 atom stereocenters. The van der Waals surface area contributed by atoms with Gasteiger partial charge in [-0.15, -0.1) is 0 Å². The Kier molecular flexibility index (Phi) is 6.12. The van der Waals surface area contributed by atoms with Gasteiger partial charge in [0.2, 0.25) is 0 Å². The molecule has 0 bridgehead atoms. The summed E-state index contributed by atoms with van der Waals surface area (Å²) in [5, 5.41) is 7.72. The number of amides is 1. The average molecular weight is 410 g/mol. The molecule has 2 rings (SSSR count). The lowest BCUT2D eigenvalue weighted by atomic mass is 10.2. The first-order valence-corrected chi connectivity index (χ1v) is 7.89. The van der Waals surface area contributed by atoms with Gasteiger partial charge in [0, 0.05) is 11.8 Å². The fraction of sp³-hybridized carbons (Fsp3) is 0.200. The van der Waals surface area contributed by atoms with Crippen LogP contribution in [-0.4, -0.2) is 34.1 Å². The van der Waals surface area contributed by atoms with Gasteiger partial charge in [-0.05, 0) is 47.1 Å². The smallest absolute Gasteiger partial charge is 0.356 e. The summed E-state index contributed by atoms with van der Waals surface area (Å²) in [6.07, 6.45) is 1.66. The summed E-state index contributed by atoms with van der Waals surface area (Å²) < 4.78 is 7.35. The van der Waals surface area contributed by atoms with Crippen LogP contribution in [0.15, 0.2) is 40.1 Å². The summed E-state index contributed by atoms with van der Waals surface area (Å²) >= 11 is 3.30. The van der Waals surface area contributed by atoms with E-state index in [0.29, 0.717) is 11.3 Å². The molecule has 132 valence electrons. The molecule has 0 aliphatic heterocycles. The number of amidine groups is 1. The number of ether oxygens (including phenoxy) is 1. The van der Waals surface area contributed by atoms with Crippen LogP contribution in [0.4, 0.5) is 0 Å². The van der Waals surface area contributed by atoms with Crippen molar-refractivity contribution in [1.29, 1.82) is 0 Å². The van der Waals surface area contributed by atoms with E-state index in [-0.39, 0.29) is 19.0 Å². The number of aryl methyl sites for hydroxylation is 1. The first kappa shape index (κ1) is 18.5. The molecule has 0 aliphatic carbocycles. The lowest BCUT2D eigenvalue weighted by molar-refractivity contribution is -0.144. The number of oxime groups is 1. The number of carbonyl (C=O) groups is 2. The molecule has 0 saturated carbocycles. The number of aromatic nitrogens is 2. The van der Waals surface area contributed by atoms with Gasteiger partial charge in [-0.2, -0.15) is 5.10 Å². The zero-order valence-electron chi connectivity index (χ0n) is 13.3. The van der Waals surface area contributed by atoms with Crippen LogP contribution in [-0.2, 0) is 21.0 Å². The molecule has 1 aromatic carbocycles. The molecule has 4 N–H and O–H groups in total. The van der Waals surface area contributed by atoms with Crippen molar-refractivity contribution in [3.63, 3.8) is 0 Å². The molecule has 1 amide bonds. The van der Waals surface area contributed by atoms with Crippen LogP contribution in [0.25, 0.3) is 0 Å². The topological polar surface area (TPSA) is 135 Å². The fourth-order valence-corrected chi connectivity index (χ4v) is 2.08. The fourth-order valence-electron chi connectivity index (χ4n) is 1.76. The summed E-state index contributed by atoms with van der Waals surface area (Å²) in [5.74, 6) is -0.713. The van der Waals surface area contributed by atoms with Crippen molar-refractivity contribution < 1.29 is 19.2 Å². The minimum atomic E-state index is -0.612. The van der Waals surface area contributed by atoms with Crippen molar-refractivity contribution >= 4 is 33.6 Å². The minimum Gasteiger partial charge on any atom is -0.484 e. The monoisotopic (exact) mass is 409 g/mol. The highest BCUT2D eigenvalue weighted by molar-refractivity contribution is 9.10. The molecule has 0 radical (unpaired) electrons. The van der Waals surface area contributed by atoms with Gasteiger partial charge < -0.3 is 21.0 Å². The molecule has 1 heterocycles. The van der Waals surface area contributed by atoms with Crippen LogP contribution in [0.5, 0.6) is 5.75 Å². The van der Waals surface area contributed by atoms with Crippen LogP contribution in [0.1, 0.15) is 11.3 Å². The summed E-state index contributed by atoms with van der Waals surface area (Å²) in [6.45, 7) is 1.49. The molecular formula is C15H16BrN5O4. The number of halogens is 1. The molecule has 2 aromatic rings. The molecule has 25 heavy (non-hydrogen) atoms. The van der Waals surface area contributed by atoms with Crippen LogP contribution >= 0.6 is 15.9 Å². The normalized spacial score (nSPS) is 11.2. The Morgan fingerprint density at radius 2 is 1.96 bits per heavy atom. The second-order valence-electron chi connectivity index (χ2n) is 4.98. The number of hydrogen-bond acceptors (Lipinski definition) is 6. The molecule has 0 saturated heterocycles. The Bertz CT molecular complexity index is 781. The van der Waals surface area contributed by atoms with Gasteiger partial charge in [-0.25, -0.2) is 4.79 Å². The zero-order chi connectivity index (χ0) is 18.4. The zero-order valence-corrected chi connectivity index (χ0v) is 14.9. The van der Waals surface area contributed by atoms with Gasteiger partial charge in [0.15, 0.2) is 12.4 Å². The Balaban J connectivity index is 1.91. The summed E-state index contributed by atoms with van der Waals surface area (Å²) in [5.41, 5.74) is 12.0. The van der Waals surface area contributed by atoms with Gasteiger partial charge in [-0.1, -0.05) is 5.16 Å². The predicted octanol–water partition coefficient (Wildman–Crippen LogP) is 0.682. The van der Waals surface area contributed by atoms with Crippen molar-refractivity contribution in [3.8, 4) is 5.75 Å². The van der Waals surface area contributed by atoms with Crippen molar-refractivity contribution in [2.45, 2.75) is 13.5 Å². The first-order chi connectivity index (χ1) is 11.8. The Hall–Kier alpha value is -2.88. The SMILES string of the molecule is Cc1nn(CC(=O)O/N=C(\N)c2ccc(OCC(N)=O)cc2)cc1Br. The molecule has 1 aromatic heterocycles. The summed E-state index contributed by atoms with van der Waals surface area (Å²) in [4.78, 5) is 27.2. The number of hydrogen-bond donors (Lipinski definition) is 2. The van der Waals surface area contributed by atoms with Gasteiger partial charge >= 0.3 is 5.97 Å². The molecule has 0 aliphatic rings. The third-order valence-electron chi connectivity index (χ3n) is 2.95. The van der Waals surface area contributed by atoms with Gasteiger partial charge in [0.05, 0.1) is 10.2 Å². The third kappa shape index (κ3) is 5.60. The standard InChI is InChI=1S/C15H16BrN5O4/c1-9-12(16)6-21(19-9)7-14(23)25-20-15(18)10-2-4-11(5-3-10)24-8-13(17)22/h2-6H,7-8H2,1H3,(H2,17,22)(H2,18,20). The summed E-state index contributed by atoms with van der Waals surface area (Å²) in [7, 11) is 0. The van der Waals surface area contributed by atoms with Crippen LogP contribution in [0.2, 0.25) is 0 Å². The maximum atomic E-state index is 11.7. The van der Waals surface area contributed by atoms with E-state index in [4.69, 9.17) is 21.0 Å². The molecule has 0 spiro atoms. The number of carbonyl (C=O) groups excluding carboxylic acids is 2. The van der Waals surface area contributed by atoms with E-state index in [0.717, 1.165) is 10.2 Å². The highest BCUT2D eigenvalue weighted by Crippen LogP contribution is 2.13. The maximum Gasteiger partial charge on any atom is 0.356 e. The van der Waals surface area contributed by atoms with Crippen LogP contribution in [0, 0.1) is 6.92 Å². The summed E-state index contributed by atoms with van der Waals surface area (Å²) in [6, 6.07) is 6.40. The lowest BCUT2D eigenvalue weighted by Crippen LogP contribution is -2.20. The maximum absolute atomic E-state index is 11.7. The van der Waals surface area contributed by atoms with E-state index >= 15 is 0 Å². The van der Waals surface area contributed by atoms with E-state index in [1.54, 1.807) is 37.4 Å². The van der Waals surface area contributed by atoms with Crippen LogP contribution in [0.3, 0.4) is 0 Å². The van der Waals surface area contributed by atoms with E-state index in [1.807, 2.05) is 0 Å². The molecule has 0 unspecified atom stereocenters. The highest BCUT2D eigenvalue weighted by Gasteiger charge is 2.09. The lowest BCUT2D eigenvalue weighted by Gasteiger charge is -2.05. The van der Waals surface area contributed by atoms with Crippen molar-refractivity contribution in [2.75, 3.05) is 6.61 Å². The molecule has 9 nitrogen and oxygen atoms in total. The van der Waals surface area contributed by atoms with Gasteiger partial charge in [0.1, 0.15) is 12.3 Å². The largest absolute Gasteiger partial charge is 0.484 e. The molecular weight excluding hydrogens is 394 g/mol. The highest BCUT2D eigenvalue weighted by atomic mass is 79.9. The number of rotatable bonds is 7. The Morgan fingerprint density at radius 3 is 2.52 bits per heavy atom. The van der Waals surface area contributed by atoms with E-state index < -0.39 is 11.9 Å². The number of primary amides is 1. The van der Waals surface area contributed by atoms with Gasteiger partial charge in [0.25, 0.3) is 5.91 Å². The molecule has 0 fully saturated rings. The number of nitrogens with zero attached hydrogens (tertiary/aromatic N) is 3. The Labute approximate surface area is 151 Å². The number of nitrogens with two attached hydrogens (primary N) is 2. The second kappa shape index (κ2) is 8.29. The average Bonchev–Trinajstić information content (AvgIpc) is 2.88. The van der Waals surface area contributed by atoms with Crippen molar-refractivity contribution in [1.82, 2.24) is 9.78 Å². The quantitative estimate of drug-likeness (QED) is 0.298.